The summed E-state index contributed by atoms with van der Waals surface area (Å²) in [7, 11) is -1.91. The molecule has 0 saturated heterocycles. The van der Waals surface area contributed by atoms with Gasteiger partial charge in [-0.1, -0.05) is 42.8 Å². The summed E-state index contributed by atoms with van der Waals surface area (Å²) in [5, 5.41) is 0.592. The van der Waals surface area contributed by atoms with Crippen LogP contribution in [0, 0.1) is 0 Å². The lowest BCUT2D eigenvalue weighted by atomic mass is 10.4. The minimum absolute atomic E-state index is 0.132. The lowest BCUT2D eigenvalue weighted by Gasteiger charge is -2.21. The van der Waals surface area contributed by atoms with Crippen LogP contribution in [0.25, 0.3) is 0 Å². The Morgan fingerprint density at radius 3 is 2.07 bits per heavy atom. The molecular weight excluding hydrogens is 275 g/mol. The minimum atomic E-state index is -1.91. The molecule has 2 nitrogen and oxygen atoms in total. The van der Waals surface area contributed by atoms with E-state index in [1.165, 1.54) is 0 Å². The number of Topliss-reactive ketones (excluding diaryl/α,β-unsaturated/α-hetero) is 1. The topological polar surface area (TPSA) is 26.3 Å². The maximum absolute atomic E-state index is 11.8. The smallest absolute Gasteiger partial charge is 0.192 e. The Balaban J connectivity index is 5.25. The highest BCUT2D eigenvalue weighted by atomic mass is 35.5. The Morgan fingerprint density at radius 2 is 1.80 bits per heavy atom. The Morgan fingerprint density at radius 1 is 1.33 bits per heavy atom. The zero-order chi connectivity index (χ0) is 12.2. The van der Waals surface area contributed by atoms with Gasteiger partial charge in [-0.25, -0.2) is 0 Å². The Labute approximate surface area is 107 Å². The third-order valence-corrected chi connectivity index (χ3v) is 4.49. The van der Waals surface area contributed by atoms with E-state index in [1.807, 2.05) is 19.6 Å². The third-order valence-electron chi connectivity index (χ3n) is 1.66. The van der Waals surface area contributed by atoms with Crippen LogP contribution < -0.4 is 0 Å². The van der Waals surface area contributed by atoms with Crippen LogP contribution in [0.1, 0.15) is 6.92 Å². The summed E-state index contributed by atoms with van der Waals surface area (Å²) in [6.07, 6.45) is 0. The highest BCUT2D eigenvalue weighted by Crippen LogP contribution is 2.26. The van der Waals surface area contributed by atoms with Gasteiger partial charge in [-0.15, -0.1) is 0 Å². The SMILES string of the molecule is CCO/C(Cl)=C(\C(=O)C(Cl)Cl)[Si](C)(C)C. The molecule has 0 bridgehead atoms. The van der Waals surface area contributed by atoms with Gasteiger partial charge in [-0.05, 0) is 18.5 Å². The summed E-state index contributed by atoms with van der Waals surface area (Å²) in [5.74, 6) is -0.351. The molecule has 0 aromatic heterocycles. The largest absolute Gasteiger partial charge is 0.483 e. The fourth-order valence-corrected chi connectivity index (χ4v) is 4.07. The zero-order valence-corrected chi connectivity index (χ0v) is 12.5. The molecule has 0 fully saturated rings. The van der Waals surface area contributed by atoms with Gasteiger partial charge >= 0.3 is 0 Å². The number of rotatable bonds is 5. The third kappa shape index (κ3) is 4.77. The molecule has 0 amide bonds. The van der Waals surface area contributed by atoms with Crippen molar-refractivity contribution in [1.82, 2.24) is 0 Å². The maximum Gasteiger partial charge on any atom is 0.192 e. The summed E-state index contributed by atoms with van der Waals surface area (Å²) in [6, 6.07) is 0. The van der Waals surface area contributed by atoms with E-state index in [4.69, 9.17) is 39.5 Å². The van der Waals surface area contributed by atoms with Crippen LogP contribution in [-0.4, -0.2) is 25.3 Å². The summed E-state index contributed by atoms with van der Waals surface area (Å²) < 4.78 is 5.14. The van der Waals surface area contributed by atoms with Crippen molar-refractivity contribution >= 4 is 48.7 Å². The van der Waals surface area contributed by atoms with Crippen LogP contribution in [-0.2, 0) is 9.53 Å². The molecule has 0 unspecified atom stereocenters. The zero-order valence-electron chi connectivity index (χ0n) is 9.23. The molecule has 0 rings (SSSR count). The van der Waals surface area contributed by atoms with E-state index in [2.05, 4.69) is 0 Å². The normalized spacial score (nSPS) is 13.9. The number of alkyl halides is 2. The number of halogens is 3. The molecule has 0 heterocycles. The van der Waals surface area contributed by atoms with Crippen molar-refractivity contribution in [3.63, 3.8) is 0 Å². The number of hydrogen-bond acceptors (Lipinski definition) is 2. The first-order valence-corrected chi connectivity index (χ1v) is 9.32. The molecule has 0 aliphatic carbocycles. The van der Waals surface area contributed by atoms with Crippen molar-refractivity contribution in [3.8, 4) is 0 Å². The fraction of sp³-hybridized carbons (Fsp3) is 0.667. The second kappa shape index (κ2) is 6.14. The number of ether oxygens (including phenoxy) is 1. The Hall–Kier alpha value is 0.297. The molecule has 0 aromatic rings. The van der Waals surface area contributed by atoms with E-state index in [0.717, 1.165) is 0 Å². The first-order chi connectivity index (χ1) is 6.71. The van der Waals surface area contributed by atoms with E-state index in [-0.39, 0.29) is 11.0 Å². The average molecular weight is 290 g/mol. The molecule has 0 saturated carbocycles. The Kier molecular flexibility index (Phi) is 6.26. The van der Waals surface area contributed by atoms with Crippen molar-refractivity contribution in [2.75, 3.05) is 6.61 Å². The van der Waals surface area contributed by atoms with Gasteiger partial charge < -0.3 is 4.74 Å². The van der Waals surface area contributed by atoms with Gasteiger partial charge in [-0.3, -0.25) is 4.79 Å². The lowest BCUT2D eigenvalue weighted by Crippen LogP contribution is -2.33. The molecule has 6 heteroatoms. The predicted octanol–water partition coefficient (Wildman–Crippen LogP) is 3.72. The number of allylic oxidation sites excluding steroid dienone is 1. The standard InChI is InChI=1S/C9H15Cl3O2Si/c1-5-14-9(12)7(15(2,3)4)6(13)8(10)11/h8H,5H2,1-4H3/b9-7+. The van der Waals surface area contributed by atoms with Crippen LogP contribution in [0.3, 0.4) is 0 Å². The molecule has 88 valence electrons. The molecule has 0 spiro atoms. The summed E-state index contributed by atoms with van der Waals surface area (Å²) in [4.78, 5) is 10.7. The second-order valence-electron chi connectivity index (χ2n) is 4.00. The van der Waals surface area contributed by atoms with Crippen LogP contribution >= 0.6 is 34.8 Å². The molecule has 0 atom stereocenters. The van der Waals surface area contributed by atoms with Gasteiger partial charge in [-0.2, -0.15) is 0 Å². The van der Waals surface area contributed by atoms with E-state index < -0.39 is 12.9 Å². The van der Waals surface area contributed by atoms with Crippen molar-refractivity contribution in [1.29, 1.82) is 0 Å². The number of ketones is 1. The predicted molar refractivity (Wildman–Crippen MR) is 68.4 cm³/mol. The van der Waals surface area contributed by atoms with Crippen LogP contribution in [0.4, 0.5) is 0 Å². The van der Waals surface area contributed by atoms with Crippen molar-refractivity contribution < 1.29 is 9.53 Å². The highest BCUT2D eigenvalue weighted by molar-refractivity contribution is 6.89. The first-order valence-electron chi connectivity index (χ1n) is 4.57. The Bertz CT molecular complexity index is 269. The monoisotopic (exact) mass is 288 g/mol. The fourth-order valence-electron chi connectivity index (χ4n) is 1.07. The number of carbonyl (C=O) groups excluding carboxylic acids is 1. The first kappa shape index (κ1) is 15.3. The molecule has 0 N–H and O–H groups in total. The molecule has 0 aliphatic heterocycles. The van der Waals surface area contributed by atoms with Gasteiger partial charge in [0, 0.05) is 5.20 Å². The van der Waals surface area contributed by atoms with E-state index >= 15 is 0 Å². The van der Waals surface area contributed by atoms with Gasteiger partial charge in [0.25, 0.3) is 0 Å². The summed E-state index contributed by atoms with van der Waals surface area (Å²) in [6.45, 7) is 8.16. The maximum atomic E-state index is 11.8. The molecular formula is C9H15Cl3O2Si. The van der Waals surface area contributed by atoms with E-state index in [9.17, 15) is 4.79 Å². The molecule has 0 aliphatic rings. The number of hydrogen-bond donors (Lipinski definition) is 0. The van der Waals surface area contributed by atoms with Crippen molar-refractivity contribution in [2.24, 2.45) is 0 Å². The minimum Gasteiger partial charge on any atom is -0.483 e. The molecule has 15 heavy (non-hydrogen) atoms. The van der Waals surface area contributed by atoms with Crippen molar-refractivity contribution in [2.45, 2.75) is 31.4 Å². The highest BCUT2D eigenvalue weighted by Gasteiger charge is 2.32. The lowest BCUT2D eigenvalue weighted by molar-refractivity contribution is -0.113. The van der Waals surface area contributed by atoms with Crippen LogP contribution in [0.15, 0.2) is 10.4 Å². The quantitative estimate of drug-likeness (QED) is 0.334. The van der Waals surface area contributed by atoms with Gasteiger partial charge in [0.15, 0.2) is 15.8 Å². The molecule has 0 radical (unpaired) electrons. The summed E-state index contributed by atoms with van der Waals surface area (Å²) in [5.41, 5.74) is 0. The second-order valence-corrected chi connectivity index (χ2v) is 10.4. The summed E-state index contributed by atoms with van der Waals surface area (Å²) >= 11 is 17.1. The van der Waals surface area contributed by atoms with Crippen molar-refractivity contribution in [3.05, 3.63) is 10.4 Å². The average Bonchev–Trinajstić information content (AvgIpc) is 2.01. The van der Waals surface area contributed by atoms with Crippen LogP contribution in [0.5, 0.6) is 0 Å². The van der Waals surface area contributed by atoms with Gasteiger partial charge in [0.2, 0.25) is 0 Å². The van der Waals surface area contributed by atoms with Gasteiger partial charge in [0.05, 0.1) is 14.7 Å². The van der Waals surface area contributed by atoms with Crippen LogP contribution in [0.2, 0.25) is 19.6 Å². The van der Waals surface area contributed by atoms with Gasteiger partial charge in [0.1, 0.15) is 0 Å². The molecule has 0 aromatic carbocycles. The van der Waals surface area contributed by atoms with E-state index in [1.54, 1.807) is 6.92 Å². The van der Waals surface area contributed by atoms with E-state index in [0.29, 0.717) is 11.8 Å². The number of carbonyl (C=O) groups is 1.